The van der Waals surface area contributed by atoms with E-state index >= 15 is 0 Å². The monoisotopic (exact) mass is 738 g/mol. The van der Waals surface area contributed by atoms with Crippen molar-refractivity contribution in [1.82, 2.24) is 0 Å². The van der Waals surface area contributed by atoms with Crippen molar-refractivity contribution in [2.24, 2.45) is 20.5 Å². The molecule has 3 aromatic carbocycles. The van der Waals surface area contributed by atoms with Crippen LogP contribution in [0.2, 0.25) is 0 Å². The number of aliphatic hydroxyl groups excluding tert-OH is 1. The van der Waals surface area contributed by atoms with Crippen LogP contribution in [0, 0.1) is 0 Å². The third-order valence-electron chi connectivity index (χ3n) is 8.49. The van der Waals surface area contributed by atoms with E-state index in [1.807, 2.05) is 0 Å². The zero-order chi connectivity index (χ0) is 38.5. The third kappa shape index (κ3) is 9.15. The highest BCUT2D eigenvalue weighted by atomic mass is 16.7. The number of hydrogen-bond donors (Lipinski definition) is 1. The van der Waals surface area contributed by atoms with Gasteiger partial charge >= 0.3 is 17.9 Å². The smallest absolute Gasteiger partial charge is 0.338 e. The van der Waals surface area contributed by atoms with Gasteiger partial charge in [-0.05, 0) is 64.9 Å². The number of ether oxygens (including phenoxy) is 5. The van der Waals surface area contributed by atoms with Gasteiger partial charge in [0.2, 0.25) is 0 Å². The summed E-state index contributed by atoms with van der Waals surface area (Å²) >= 11 is 0. The van der Waals surface area contributed by atoms with Crippen molar-refractivity contribution in [1.29, 1.82) is 0 Å². The first-order valence-electron chi connectivity index (χ1n) is 16.2. The second-order valence-corrected chi connectivity index (χ2v) is 11.7. The maximum absolute atomic E-state index is 13.5. The second kappa shape index (κ2) is 18.6. The molecule has 276 valence electrons. The zero-order valence-electron chi connectivity index (χ0n) is 27.9. The Bertz CT molecular complexity index is 1990. The number of carbonyl (C=O) groups is 3. The summed E-state index contributed by atoms with van der Waals surface area (Å²) in [7, 11) is 0. The molecule has 3 aromatic rings. The van der Waals surface area contributed by atoms with Gasteiger partial charge in [0.15, 0.2) is 18.5 Å². The summed E-state index contributed by atoms with van der Waals surface area (Å²) in [6.45, 7) is -0.533. The molecule has 1 saturated heterocycles. The van der Waals surface area contributed by atoms with Gasteiger partial charge in [0.05, 0.1) is 41.4 Å². The lowest BCUT2D eigenvalue weighted by atomic mass is 9.84. The SMILES string of the molecule is [N-]=[N+]=NC[C@H]1O[C@H](O[C@@H]2[C@@H](O)[C@@H](OC(=O)c3ccccc3)[C@H](N=[N+]=[N-])C[C@H]2N=[N+]=[N-])[C@H](N=[N+]=[N-])[C@@H](OC(=O)c2ccccc2)[C@@H]1OC(=O)c1ccccc1. The van der Waals surface area contributed by atoms with Crippen molar-refractivity contribution in [2.75, 3.05) is 6.54 Å². The molecule has 1 N–H and O–H groups in total. The first kappa shape index (κ1) is 38.4. The van der Waals surface area contributed by atoms with Crippen molar-refractivity contribution in [3.8, 4) is 0 Å². The Kier molecular flexibility index (Phi) is 13.2. The minimum absolute atomic E-state index is 0.0687. The van der Waals surface area contributed by atoms with E-state index in [1.165, 1.54) is 36.4 Å². The van der Waals surface area contributed by atoms with E-state index in [9.17, 15) is 41.6 Å². The highest BCUT2D eigenvalue weighted by Gasteiger charge is 2.54. The molecular formula is C33H30N12O9. The average Bonchev–Trinajstić information content (AvgIpc) is 3.20. The van der Waals surface area contributed by atoms with Crippen LogP contribution in [0.3, 0.4) is 0 Å². The van der Waals surface area contributed by atoms with Gasteiger partial charge in [-0.15, -0.1) is 0 Å². The first-order valence-corrected chi connectivity index (χ1v) is 16.2. The molecule has 21 heteroatoms. The van der Waals surface area contributed by atoms with Gasteiger partial charge < -0.3 is 28.8 Å². The molecule has 1 heterocycles. The van der Waals surface area contributed by atoms with Crippen LogP contribution < -0.4 is 0 Å². The molecule has 10 atom stereocenters. The van der Waals surface area contributed by atoms with Gasteiger partial charge in [0, 0.05) is 19.6 Å². The Labute approximate surface area is 304 Å². The Morgan fingerprint density at radius 1 is 0.630 bits per heavy atom. The Hall–Kier alpha value is -6.81. The maximum Gasteiger partial charge on any atom is 0.338 e. The summed E-state index contributed by atoms with van der Waals surface area (Å²) in [6, 6.07) is 18.9. The predicted molar refractivity (Wildman–Crippen MR) is 184 cm³/mol. The maximum atomic E-state index is 13.5. The number of benzene rings is 3. The van der Waals surface area contributed by atoms with Crippen LogP contribution >= 0.6 is 0 Å². The lowest BCUT2D eigenvalue weighted by molar-refractivity contribution is -0.286. The summed E-state index contributed by atoms with van der Waals surface area (Å²) in [5.41, 5.74) is 37.9. The topological polar surface area (TPSA) is 313 Å². The van der Waals surface area contributed by atoms with Gasteiger partial charge in [0.1, 0.15) is 24.4 Å². The fourth-order valence-corrected chi connectivity index (χ4v) is 6.02. The quantitative estimate of drug-likeness (QED) is 0.0717. The van der Waals surface area contributed by atoms with Crippen molar-refractivity contribution in [3.05, 3.63) is 149 Å². The van der Waals surface area contributed by atoms with Crippen LogP contribution in [-0.4, -0.2) is 90.6 Å². The van der Waals surface area contributed by atoms with E-state index in [0.29, 0.717) is 0 Å². The predicted octanol–water partition coefficient (Wildman–Crippen LogP) is 5.88. The van der Waals surface area contributed by atoms with Gasteiger partial charge in [0.25, 0.3) is 0 Å². The molecule has 0 radical (unpaired) electrons. The molecule has 54 heavy (non-hydrogen) atoms. The van der Waals surface area contributed by atoms with E-state index in [-0.39, 0.29) is 23.1 Å². The van der Waals surface area contributed by atoms with Gasteiger partial charge in [-0.2, -0.15) is 0 Å². The number of aliphatic hydroxyl groups is 1. The standard InChI is InChI=1S/C33H30N12O9/c34-42-38-17-23-28(52-31(48)19-12-6-2-7-13-19)29(53-32(49)20-14-8-3-9-15-20)24(41-45-37)33(50-23)54-27-22(40-44-36)16-21(39-43-35)26(25(27)46)51-30(47)18-10-4-1-5-11-18/h1-15,21-29,33,46H,16-17H2/t21-,22-,23-,24-,25+,26+,27+,28-,29-,33-/m1/s1. The lowest BCUT2D eigenvalue weighted by Crippen LogP contribution is -2.64. The molecule has 1 saturated carbocycles. The normalized spacial score (nSPS) is 27.2. The van der Waals surface area contributed by atoms with Gasteiger partial charge in [-0.1, -0.05) is 75.1 Å². The van der Waals surface area contributed by atoms with Gasteiger partial charge in [-0.25, -0.2) is 14.4 Å². The van der Waals surface area contributed by atoms with Crippen LogP contribution in [0.5, 0.6) is 0 Å². The van der Waals surface area contributed by atoms with Crippen molar-refractivity contribution < 1.29 is 43.2 Å². The Morgan fingerprint density at radius 3 is 1.54 bits per heavy atom. The molecule has 0 spiro atoms. The fourth-order valence-electron chi connectivity index (χ4n) is 6.02. The second-order valence-electron chi connectivity index (χ2n) is 11.7. The highest BCUT2D eigenvalue weighted by Crippen LogP contribution is 2.36. The minimum Gasteiger partial charge on any atom is -0.455 e. The summed E-state index contributed by atoms with van der Waals surface area (Å²) < 4.78 is 29.5. The van der Waals surface area contributed by atoms with Crippen LogP contribution in [0.4, 0.5) is 0 Å². The first-order chi connectivity index (χ1) is 26.3. The molecule has 2 fully saturated rings. The molecule has 2 aliphatic rings. The summed E-state index contributed by atoms with van der Waals surface area (Å²) in [6.07, 6.45) is -11.8. The largest absolute Gasteiger partial charge is 0.455 e. The number of nitrogens with zero attached hydrogens (tertiary/aromatic N) is 12. The lowest BCUT2D eigenvalue weighted by Gasteiger charge is -2.47. The molecule has 0 aromatic heterocycles. The van der Waals surface area contributed by atoms with E-state index in [1.54, 1.807) is 54.6 Å². The molecule has 1 aliphatic carbocycles. The molecule has 0 amide bonds. The molecule has 0 unspecified atom stereocenters. The minimum atomic E-state index is -1.87. The van der Waals surface area contributed by atoms with Gasteiger partial charge in [-0.3, -0.25) is 0 Å². The Morgan fingerprint density at radius 2 is 1.07 bits per heavy atom. The third-order valence-corrected chi connectivity index (χ3v) is 8.49. The number of hydrogen-bond acceptors (Lipinski definition) is 13. The highest BCUT2D eigenvalue weighted by molar-refractivity contribution is 5.90. The van der Waals surface area contributed by atoms with E-state index in [0.717, 1.165) is 0 Å². The van der Waals surface area contributed by atoms with Crippen LogP contribution in [0.15, 0.2) is 111 Å². The number of azide groups is 4. The fraction of sp³-hybridized carbons (Fsp3) is 0.364. The summed E-state index contributed by atoms with van der Waals surface area (Å²) in [5, 5.41) is 26.4. The molecule has 5 rings (SSSR count). The van der Waals surface area contributed by atoms with Crippen molar-refractivity contribution in [3.63, 3.8) is 0 Å². The zero-order valence-corrected chi connectivity index (χ0v) is 27.9. The molecular weight excluding hydrogens is 708 g/mol. The molecule has 0 bridgehead atoms. The van der Waals surface area contributed by atoms with E-state index < -0.39 is 85.5 Å². The molecule has 21 nitrogen and oxygen atoms in total. The number of esters is 3. The summed E-state index contributed by atoms with van der Waals surface area (Å²) in [5.74, 6) is -2.71. The number of carbonyl (C=O) groups excluding carboxylic acids is 3. The van der Waals surface area contributed by atoms with E-state index in [2.05, 4.69) is 40.1 Å². The van der Waals surface area contributed by atoms with Crippen molar-refractivity contribution in [2.45, 2.75) is 67.5 Å². The van der Waals surface area contributed by atoms with Crippen LogP contribution in [-0.2, 0) is 23.7 Å². The van der Waals surface area contributed by atoms with Crippen molar-refractivity contribution >= 4 is 17.9 Å². The molecule has 1 aliphatic heterocycles. The number of rotatable bonds is 13. The summed E-state index contributed by atoms with van der Waals surface area (Å²) in [4.78, 5) is 51.2. The van der Waals surface area contributed by atoms with Crippen LogP contribution in [0.1, 0.15) is 37.5 Å². The average molecular weight is 739 g/mol. The Balaban J connectivity index is 1.54. The van der Waals surface area contributed by atoms with Crippen LogP contribution in [0.25, 0.3) is 41.8 Å². The van der Waals surface area contributed by atoms with E-state index in [4.69, 9.17) is 23.7 Å².